The maximum atomic E-state index is 12.6. The SMILES string of the molecule is N#Cc1ncccc1N1CCC(CNC(=O)[C@H](O)[C@@H](O)C(=O)N2Cc3ccccc3C2)CC1. The zero-order valence-electron chi connectivity index (χ0n) is 18.2. The number of benzene rings is 1. The molecule has 3 heterocycles. The van der Waals surface area contributed by atoms with E-state index in [9.17, 15) is 25.1 Å². The van der Waals surface area contributed by atoms with Crippen molar-refractivity contribution in [3.8, 4) is 6.07 Å². The molecule has 9 heteroatoms. The molecule has 2 aromatic rings. The third kappa shape index (κ3) is 4.97. The Bertz CT molecular complexity index is 1040. The number of piperidine rings is 1. The second-order valence-electron chi connectivity index (χ2n) is 8.51. The minimum absolute atomic E-state index is 0.195. The first-order valence-corrected chi connectivity index (χ1v) is 11.1. The van der Waals surface area contributed by atoms with Gasteiger partial charge in [-0.15, -0.1) is 0 Å². The van der Waals surface area contributed by atoms with Gasteiger partial charge in [0.25, 0.3) is 11.8 Å². The molecule has 4 rings (SSSR count). The fourth-order valence-electron chi connectivity index (χ4n) is 4.42. The van der Waals surface area contributed by atoms with Gasteiger partial charge in [0, 0.05) is 38.9 Å². The number of nitriles is 1. The molecular formula is C24H27N5O4. The van der Waals surface area contributed by atoms with Crippen molar-refractivity contribution < 1.29 is 19.8 Å². The fraction of sp³-hybridized carbons (Fsp3) is 0.417. The van der Waals surface area contributed by atoms with E-state index in [1.165, 1.54) is 4.90 Å². The van der Waals surface area contributed by atoms with E-state index in [1.807, 2.05) is 30.3 Å². The van der Waals surface area contributed by atoms with Gasteiger partial charge in [-0.3, -0.25) is 9.59 Å². The normalized spacial score (nSPS) is 17.7. The highest BCUT2D eigenvalue weighted by molar-refractivity contribution is 5.90. The van der Waals surface area contributed by atoms with Crippen molar-refractivity contribution in [2.24, 2.45) is 5.92 Å². The van der Waals surface area contributed by atoms with Crippen LogP contribution >= 0.6 is 0 Å². The average Bonchev–Trinajstić information content (AvgIpc) is 3.30. The lowest BCUT2D eigenvalue weighted by Gasteiger charge is -2.34. The van der Waals surface area contributed by atoms with Crippen LogP contribution in [0.25, 0.3) is 0 Å². The number of amides is 2. The second-order valence-corrected chi connectivity index (χ2v) is 8.51. The summed E-state index contributed by atoms with van der Waals surface area (Å²) in [6, 6.07) is 13.4. The van der Waals surface area contributed by atoms with Crippen molar-refractivity contribution in [3.63, 3.8) is 0 Å². The summed E-state index contributed by atoms with van der Waals surface area (Å²) in [5.41, 5.74) is 3.20. The summed E-state index contributed by atoms with van der Waals surface area (Å²) in [4.78, 5) is 32.6. The van der Waals surface area contributed by atoms with Gasteiger partial charge in [-0.05, 0) is 42.0 Å². The zero-order chi connectivity index (χ0) is 23.4. The van der Waals surface area contributed by atoms with E-state index >= 15 is 0 Å². The number of hydrogen-bond donors (Lipinski definition) is 3. The Kier molecular flexibility index (Phi) is 6.87. The smallest absolute Gasteiger partial charge is 0.255 e. The summed E-state index contributed by atoms with van der Waals surface area (Å²) < 4.78 is 0. The molecule has 33 heavy (non-hydrogen) atoms. The van der Waals surface area contributed by atoms with Crippen molar-refractivity contribution in [2.75, 3.05) is 24.5 Å². The molecule has 2 aliphatic heterocycles. The molecule has 0 radical (unpaired) electrons. The van der Waals surface area contributed by atoms with E-state index in [4.69, 9.17) is 0 Å². The van der Waals surface area contributed by atoms with Crippen molar-refractivity contribution in [2.45, 2.75) is 38.1 Å². The van der Waals surface area contributed by atoms with Crippen LogP contribution in [0.15, 0.2) is 42.6 Å². The van der Waals surface area contributed by atoms with Gasteiger partial charge >= 0.3 is 0 Å². The zero-order valence-corrected chi connectivity index (χ0v) is 18.2. The Hall–Kier alpha value is -3.48. The molecule has 2 atom stereocenters. The van der Waals surface area contributed by atoms with Crippen LogP contribution in [0.5, 0.6) is 0 Å². The average molecular weight is 450 g/mol. The summed E-state index contributed by atoms with van der Waals surface area (Å²) in [6.07, 6.45) is -0.448. The molecule has 1 aromatic carbocycles. The first-order valence-electron chi connectivity index (χ1n) is 11.1. The first kappa shape index (κ1) is 22.7. The number of rotatable bonds is 6. The van der Waals surface area contributed by atoms with Crippen LogP contribution in [-0.4, -0.2) is 63.8 Å². The first-order chi connectivity index (χ1) is 16.0. The summed E-state index contributed by atoms with van der Waals surface area (Å²) in [5, 5.41) is 32.5. The molecule has 1 aromatic heterocycles. The quantitative estimate of drug-likeness (QED) is 0.587. The molecule has 172 valence electrons. The van der Waals surface area contributed by atoms with Gasteiger partial charge in [0.05, 0.1) is 5.69 Å². The largest absolute Gasteiger partial charge is 0.380 e. The number of aliphatic hydroxyl groups excluding tert-OH is 2. The van der Waals surface area contributed by atoms with Gasteiger partial charge in [-0.1, -0.05) is 24.3 Å². The second kappa shape index (κ2) is 9.98. The van der Waals surface area contributed by atoms with Crippen LogP contribution in [0.1, 0.15) is 29.7 Å². The molecule has 3 N–H and O–H groups in total. The fourth-order valence-corrected chi connectivity index (χ4v) is 4.42. The predicted octanol–water partition coefficient (Wildman–Crippen LogP) is 0.550. The van der Waals surface area contributed by atoms with E-state index in [0.29, 0.717) is 25.3 Å². The van der Waals surface area contributed by atoms with Gasteiger partial charge in [-0.2, -0.15) is 5.26 Å². The maximum Gasteiger partial charge on any atom is 0.255 e. The lowest BCUT2D eigenvalue weighted by molar-refractivity contribution is -0.153. The number of aliphatic hydroxyl groups is 2. The third-order valence-electron chi connectivity index (χ3n) is 6.39. The van der Waals surface area contributed by atoms with Gasteiger partial charge in [0.1, 0.15) is 6.07 Å². The molecule has 1 fully saturated rings. The van der Waals surface area contributed by atoms with Crippen molar-refractivity contribution in [1.29, 1.82) is 5.26 Å². The summed E-state index contributed by atoms with van der Waals surface area (Å²) >= 11 is 0. The minimum Gasteiger partial charge on any atom is -0.380 e. The van der Waals surface area contributed by atoms with Gasteiger partial charge in [-0.25, -0.2) is 4.98 Å². The Morgan fingerprint density at radius 2 is 1.76 bits per heavy atom. The number of nitrogens with zero attached hydrogens (tertiary/aromatic N) is 4. The lowest BCUT2D eigenvalue weighted by atomic mass is 9.96. The van der Waals surface area contributed by atoms with Crippen molar-refractivity contribution in [1.82, 2.24) is 15.2 Å². The van der Waals surface area contributed by atoms with Gasteiger partial charge in [0.15, 0.2) is 17.9 Å². The molecule has 0 unspecified atom stereocenters. The van der Waals surface area contributed by atoms with Gasteiger partial charge < -0.3 is 25.3 Å². The Morgan fingerprint density at radius 1 is 1.09 bits per heavy atom. The van der Waals surface area contributed by atoms with E-state index < -0.39 is 24.0 Å². The highest BCUT2D eigenvalue weighted by atomic mass is 16.3. The highest BCUT2D eigenvalue weighted by Crippen LogP contribution is 2.25. The Balaban J connectivity index is 1.24. The third-order valence-corrected chi connectivity index (χ3v) is 6.39. The molecule has 0 bridgehead atoms. The van der Waals surface area contributed by atoms with E-state index in [2.05, 4.69) is 21.3 Å². The lowest BCUT2D eigenvalue weighted by Crippen LogP contribution is -2.50. The standard InChI is InChI=1S/C24H27N5O4/c25-12-19-20(6-3-9-26-19)28-10-7-16(8-11-28)13-27-23(32)21(30)22(31)24(33)29-14-17-4-1-2-5-18(17)15-29/h1-6,9,16,21-22,30-31H,7-8,10-11,13-15H2,(H,27,32)/t21-,22-/m1/s1. The monoisotopic (exact) mass is 449 g/mol. The molecule has 0 aliphatic carbocycles. The van der Waals surface area contributed by atoms with Crippen LogP contribution < -0.4 is 10.2 Å². The minimum atomic E-state index is -1.82. The highest BCUT2D eigenvalue weighted by Gasteiger charge is 2.35. The number of carbonyl (C=O) groups excluding carboxylic acids is 2. The van der Waals surface area contributed by atoms with E-state index in [0.717, 1.165) is 42.7 Å². The molecule has 2 aliphatic rings. The van der Waals surface area contributed by atoms with Crippen LogP contribution in [0, 0.1) is 17.2 Å². The topological polar surface area (TPSA) is 130 Å². The van der Waals surface area contributed by atoms with Gasteiger partial charge in [0.2, 0.25) is 0 Å². The van der Waals surface area contributed by atoms with Crippen LogP contribution in [0.2, 0.25) is 0 Å². The number of hydrogen-bond acceptors (Lipinski definition) is 7. The summed E-state index contributed by atoms with van der Waals surface area (Å²) in [5.74, 6) is -1.22. The van der Waals surface area contributed by atoms with Crippen LogP contribution in [0.3, 0.4) is 0 Å². The Labute approximate surface area is 192 Å². The molecule has 2 amide bonds. The number of nitrogens with one attached hydrogen (secondary N) is 1. The number of pyridine rings is 1. The molecule has 0 saturated carbocycles. The van der Waals surface area contributed by atoms with E-state index in [1.54, 1.807) is 12.3 Å². The van der Waals surface area contributed by atoms with E-state index in [-0.39, 0.29) is 5.92 Å². The van der Waals surface area contributed by atoms with Crippen LogP contribution in [0.4, 0.5) is 5.69 Å². The summed E-state index contributed by atoms with van der Waals surface area (Å²) in [7, 11) is 0. The maximum absolute atomic E-state index is 12.6. The van der Waals surface area contributed by atoms with Crippen LogP contribution in [-0.2, 0) is 22.7 Å². The van der Waals surface area contributed by atoms with Crippen molar-refractivity contribution in [3.05, 3.63) is 59.4 Å². The number of fused-ring (bicyclic) bond motifs is 1. The Morgan fingerprint density at radius 3 is 2.39 bits per heavy atom. The number of carbonyl (C=O) groups is 2. The molecule has 0 spiro atoms. The van der Waals surface area contributed by atoms with Crippen molar-refractivity contribution >= 4 is 17.5 Å². The summed E-state index contributed by atoms with van der Waals surface area (Å²) in [6.45, 7) is 2.49. The number of aromatic nitrogens is 1. The predicted molar refractivity (Wildman–Crippen MR) is 120 cm³/mol. The molecule has 1 saturated heterocycles. The molecular weight excluding hydrogens is 422 g/mol. The molecule has 9 nitrogen and oxygen atoms in total. The number of anilines is 1.